The van der Waals surface area contributed by atoms with E-state index >= 15 is 0 Å². The van der Waals surface area contributed by atoms with Gasteiger partial charge in [-0.3, -0.25) is 4.79 Å². The van der Waals surface area contributed by atoms with Crippen LogP contribution in [0, 0.1) is 0 Å². The Morgan fingerprint density at radius 2 is 2.18 bits per heavy atom. The third-order valence-corrected chi connectivity index (χ3v) is 2.21. The molecule has 0 fully saturated rings. The van der Waals surface area contributed by atoms with Gasteiger partial charge in [0.15, 0.2) is 0 Å². The number of anilines is 1. The molecule has 1 heterocycles. The van der Waals surface area contributed by atoms with E-state index in [0.717, 1.165) is 0 Å². The third-order valence-electron chi connectivity index (χ3n) is 2.21. The number of carboxylic acid groups (broad SMARTS) is 1. The van der Waals surface area contributed by atoms with Gasteiger partial charge in [0.1, 0.15) is 11.6 Å². The van der Waals surface area contributed by atoms with Crippen LogP contribution in [0.15, 0.2) is 30.3 Å². The quantitative estimate of drug-likeness (QED) is 0.727. The fourth-order valence-electron chi connectivity index (χ4n) is 1.57. The molecule has 0 unspecified atom stereocenters. The maximum absolute atomic E-state index is 10.7. The minimum absolute atomic E-state index is 0.0813. The van der Waals surface area contributed by atoms with Crippen LogP contribution < -0.4 is 5.73 Å². The summed E-state index contributed by atoms with van der Waals surface area (Å²) in [7, 11) is 0. The van der Waals surface area contributed by atoms with Crippen molar-refractivity contribution >= 4 is 11.8 Å². The summed E-state index contributed by atoms with van der Waals surface area (Å²) < 4.78 is 1.41. The summed E-state index contributed by atoms with van der Waals surface area (Å²) in [4.78, 5) is 10.7. The summed E-state index contributed by atoms with van der Waals surface area (Å²) in [6.07, 6.45) is -0.181. The molecule has 0 aliphatic rings. The highest BCUT2D eigenvalue weighted by atomic mass is 16.4. The maximum Gasteiger partial charge on any atom is 0.309 e. The van der Waals surface area contributed by atoms with E-state index in [4.69, 9.17) is 10.8 Å². The van der Waals surface area contributed by atoms with Crippen molar-refractivity contribution in [2.75, 3.05) is 5.73 Å². The molecular weight excluding hydrogens is 222 g/mol. The van der Waals surface area contributed by atoms with Gasteiger partial charge >= 0.3 is 5.97 Å². The van der Waals surface area contributed by atoms with E-state index in [1.165, 1.54) is 22.9 Å². The number of carbonyl (C=O) groups is 1. The average Bonchev–Trinajstić information content (AvgIpc) is 2.58. The van der Waals surface area contributed by atoms with Crippen molar-refractivity contribution < 1.29 is 15.0 Å². The number of nitrogen functional groups attached to an aromatic ring is 1. The molecule has 0 saturated carbocycles. The minimum Gasteiger partial charge on any atom is -0.508 e. The number of hydrogen-bond acceptors (Lipinski definition) is 4. The molecule has 0 bridgehead atoms. The van der Waals surface area contributed by atoms with E-state index in [-0.39, 0.29) is 18.0 Å². The number of aromatic hydroxyl groups is 1. The van der Waals surface area contributed by atoms with E-state index in [1.807, 2.05) is 0 Å². The lowest BCUT2D eigenvalue weighted by Crippen LogP contribution is -2.07. The van der Waals surface area contributed by atoms with Crippen molar-refractivity contribution in [3.63, 3.8) is 0 Å². The molecule has 1 aromatic heterocycles. The minimum atomic E-state index is -0.966. The average molecular weight is 233 g/mol. The molecule has 0 aliphatic heterocycles. The molecular formula is C11H11N3O3. The fourth-order valence-corrected chi connectivity index (χ4v) is 1.57. The number of aromatic nitrogens is 2. The second-order valence-corrected chi connectivity index (χ2v) is 3.56. The summed E-state index contributed by atoms with van der Waals surface area (Å²) >= 11 is 0. The fraction of sp³-hybridized carbons (Fsp3) is 0.0909. The molecule has 0 radical (unpaired) electrons. The zero-order valence-electron chi connectivity index (χ0n) is 8.87. The third kappa shape index (κ3) is 2.36. The first-order chi connectivity index (χ1) is 8.06. The van der Waals surface area contributed by atoms with E-state index in [1.54, 1.807) is 12.1 Å². The van der Waals surface area contributed by atoms with Crippen LogP contribution in [0.1, 0.15) is 5.69 Å². The van der Waals surface area contributed by atoms with E-state index in [2.05, 4.69) is 5.10 Å². The van der Waals surface area contributed by atoms with E-state index in [0.29, 0.717) is 11.4 Å². The number of phenolic OH excluding ortho intramolecular Hbond substituents is 1. The Morgan fingerprint density at radius 3 is 2.82 bits per heavy atom. The molecule has 0 amide bonds. The van der Waals surface area contributed by atoms with Gasteiger partial charge < -0.3 is 15.9 Å². The maximum atomic E-state index is 10.7. The molecule has 17 heavy (non-hydrogen) atoms. The number of carboxylic acids is 1. The van der Waals surface area contributed by atoms with E-state index in [9.17, 15) is 9.90 Å². The Labute approximate surface area is 96.9 Å². The summed E-state index contributed by atoms with van der Waals surface area (Å²) in [5.41, 5.74) is 6.57. The lowest BCUT2D eigenvalue weighted by Gasteiger charge is -2.05. The van der Waals surface area contributed by atoms with Gasteiger partial charge in [0.2, 0.25) is 0 Å². The molecule has 0 atom stereocenters. The number of phenols is 1. The van der Waals surface area contributed by atoms with Gasteiger partial charge in [-0.05, 0) is 12.1 Å². The Bertz CT molecular complexity index is 563. The van der Waals surface area contributed by atoms with Gasteiger partial charge in [-0.1, -0.05) is 6.07 Å². The van der Waals surface area contributed by atoms with E-state index < -0.39 is 5.97 Å². The van der Waals surface area contributed by atoms with Crippen LogP contribution in [0.3, 0.4) is 0 Å². The van der Waals surface area contributed by atoms with Gasteiger partial charge in [0.25, 0.3) is 0 Å². The monoisotopic (exact) mass is 233 g/mol. The Kier molecular flexibility index (Phi) is 2.70. The summed E-state index contributed by atoms with van der Waals surface area (Å²) in [6, 6.07) is 7.85. The van der Waals surface area contributed by atoms with Crippen molar-refractivity contribution in [1.29, 1.82) is 0 Å². The highest BCUT2D eigenvalue weighted by Crippen LogP contribution is 2.18. The smallest absolute Gasteiger partial charge is 0.309 e. The van der Waals surface area contributed by atoms with Crippen molar-refractivity contribution in [2.24, 2.45) is 0 Å². The highest BCUT2D eigenvalue weighted by molar-refractivity contribution is 5.70. The topological polar surface area (TPSA) is 101 Å². The first-order valence-corrected chi connectivity index (χ1v) is 4.92. The predicted octanol–water partition coefficient (Wildman–Crippen LogP) is 0.787. The molecule has 6 nitrogen and oxygen atoms in total. The SMILES string of the molecule is Nc1cc(CC(=O)O)n(-c2cccc(O)c2)n1. The number of rotatable bonds is 3. The first-order valence-electron chi connectivity index (χ1n) is 4.92. The molecule has 0 spiro atoms. The second kappa shape index (κ2) is 4.17. The van der Waals surface area contributed by atoms with Crippen molar-refractivity contribution in [3.05, 3.63) is 36.0 Å². The van der Waals surface area contributed by atoms with Gasteiger partial charge in [0.05, 0.1) is 17.8 Å². The number of benzene rings is 1. The van der Waals surface area contributed by atoms with Crippen LogP contribution in [0.5, 0.6) is 5.75 Å². The molecule has 1 aromatic carbocycles. The van der Waals surface area contributed by atoms with Crippen molar-refractivity contribution in [1.82, 2.24) is 9.78 Å². The van der Waals surface area contributed by atoms with Crippen LogP contribution in [-0.2, 0) is 11.2 Å². The summed E-state index contributed by atoms with van der Waals surface area (Å²) in [5, 5.41) is 22.1. The van der Waals surface area contributed by atoms with Crippen LogP contribution in [0.4, 0.5) is 5.82 Å². The lowest BCUT2D eigenvalue weighted by atomic mass is 10.2. The lowest BCUT2D eigenvalue weighted by molar-refractivity contribution is -0.136. The highest BCUT2D eigenvalue weighted by Gasteiger charge is 2.11. The Hall–Kier alpha value is -2.50. The molecule has 2 rings (SSSR count). The van der Waals surface area contributed by atoms with Crippen molar-refractivity contribution in [3.8, 4) is 11.4 Å². The van der Waals surface area contributed by atoms with Gasteiger partial charge in [-0.15, -0.1) is 0 Å². The Balaban J connectivity index is 2.47. The summed E-state index contributed by atoms with van der Waals surface area (Å²) in [6.45, 7) is 0. The molecule has 6 heteroatoms. The van der Waals surface area contributed by atoms with Crippen LogP contribution in [0.2, 0.25) is 0 Å². The number of nitrogens with zero attached hydrogens (tertiary/aromatic N) is 2. The number of hydrogen-bond donors (Lipinski definition) is 3. The zero-order valence-corrected chi connectivity index (χ0v) is 8.87. The second-order valence-electron chi connectivity index (χ2n) is 3.56. The normalized spacial score (nSPS) is 10.4. The standard InChI is InChI=1S/C11H11N3O3/c12-10-5-8(6-11(16)17)14(13-10)7-2-1-3-9(15)4-7/h1-5,15H,6H2,(H2,12,13)(H,16,17). The van der Waals surface area contributed by atoms with Crippen LogP contribution in [0.25, 0.3) is 5.69 Å². The number of nitrogens with two attached hydrogens (primary N) is 1. The van der Waals surface area contributed by atoms with Gasteiger partial charge in [-0.25, -0.2) is 4.68 Å². The zero-order chi connectivity index (χ0) is 12.4. The van der Waals surface area contributed by atoms with Gasteiger partial charge in [-0.2, -0.15) is 5.10 Å². The van der Waals surface area contributed by atoms with Crippen LogP contribution >= 0.6 is 0 Å². The Morgan fingerprint density at radius 1 is 1.41 bits per heavy atom. The molecule has 0 aliphatic carbocycles. The van der Waals surface area contributed by atoms with Gasteiger partial charge in [0, 0.05) is 12.1 Å². The molecule has 88 valence electrons. The molecule has 0 saturated heterocycles. The molecule has 2 aromatic rings. The summed E-state index contributed by atoms with van der Waals surface area (Å²) in [5.74, 6) is -0.645. The molecule has 4 N–H and O–H groups in total. The predicted molar refractivity (Wildman–Crippen MR) is 61.0 cm³/mol. The van der Waals surface area contributed by atoms with Crippen molar-refractivity contribution in [2.45, 2.75) is 6.42 Å². The first kappa shape index (κ1) is 11.0. The number of aliphatic carboxylic acids is 1. The largest absolute Gasteiger partial charge is 0.508 e. The van der Waals surface area contributed by atoms with Crippen LogP contribution in [-0.4, -0.2) is 26.0 Å².